The first-order valence-electron chi connectivity index (χ1n) is 7.18. The maximum Gasteiger partial charge on any atom is 0.293 e. The van der Waals surface area contributed by atoms with Crippen molar-refractivity contribution in [3.05, 3.63) is 32.8 Å². The molecule has 0 heterocycles. The lowest BCUT2D eigenvalue weighted by atomic mass is 10.0. The largest absolute Gasteiger partial charge is 0.379 e. The average molecular weight is 343 g/mol. The van der Waals surface area contributed by atoms with Crippen molar-refractivity contribution in [3.8, 4) is 0 Å². The highest BCUT2D eigenvalue weighted by Crippen LogP contribution is 2.27. The number of halogens is 1. The van der Waals surface area contributed by atoms with Crippen LogP contribution in [0.15, 0.2) is 22.7 Å². The van der Waals surface area contributed by atoms with Crippen molar-refractivity contribution in [2.75, 3.05) is 11.9 Å². The number of hydrogen-bond acceptors (Lipinski definition) is 3. The number of nitrogens with one attached hydrogen (secondary N) is 1. The zero-order valence-electron chi connectivity index (χ0n) is 12.2. The quantitative estimate of drug-likeness (QED) is 0.372. The van der Waals surface area contributed by atoms with E-state index < -0.39 is 0 Å². The van der Waals surface area contributed by atoms with Crippen molar-refractivity contribution >= 4 is 27.3 Å². The van der Waals surface area contributed by atoms with Crippen LogP contribution in [-0.2, 0) is 0 Å². The summed E-state index contributed by atoms with van der Waals surface area (Å²) < 4.78 is 0.725. The fraction of sp³-hybridized carbons (Fsp3) is 0.600. The van der Waals surface area contributed by atoms with Crippen molar-refractivity contribution in [3.63, 3.8) is 0 Å². The molecule has 0 fully saturated rings. The Bertz CT molecular complexity index is 436. The van der Waals surface area contributed by atoms with E-state index in [1.54, 1.807) is 6.07 Å². The standard InChI is InChI=1S/C15H23BrN2O2/c1-12(2)7-5-3-4-6-10-17-14-9-8-13(16)11-15(14)18(19)20/h8-9,11-12,17H,3-7,10H2,1-2H3. The number of unbranched alkanes of at least 4 members (excludes halogenated alkanes) is 3. The summed E-state index contributed by atoms with van der Waals surface area (Å²) >= 11 is 3.25. The Hall–Kier alpha value is -1.10. The monoisotopic (exact) mass is 342 g/mol. The minimum atomic E-state index is -0.351. The molecule has 0 aliphatic rings. The molecular formula is C15H23BrN2O2. The van der Waals surface area contributed by atoms with Crippen LogP contribution in [0.25, 0.3) is 0 Å². The number of anilines is 1. The van der Waals surface area contributed by atoms with Crippen molar-refractivity contribution in [2.45, 2.75) is 46.0 Å². The molecule has 0 unspecified atom stereocenters. The van der Waals surface area contributed by atoms with Crippen LogP contribution in [0, 0.1) is 16.0 Å². The van der Waals surface area contributed by atoms with Gasteiger partial charge in [-0.2, -0.15) is 0 Å². The van der Waals surface area contributed by atoms with E-state index in [4.69, 9.17) is 0 Å². The summed E-state index contributed by atoms with van der Waals surface area (Å²) in [6, 6.07) is 5.10. The molecule has 0 bridgehead atoms. The highest BCUT2D eigenvalue weighted by Gasteiger charge is 2.13. The number of benzene rings is 1. The van der Waals surface area contributed by atoms with E-state index in [0.29, 0.717) is 5.69 Å². The maximum atomic E-state index is 11.0. The molecule has 0 radical (unpaired) electrons. The lowest BCUT2D eigenvalue weighted by Crippen LogP contribution is -2.04. The number of rotatable bonds is 9. The molecule has 1 aromatic carbocycles. The van der Waals surface area contributed by atoms with Gasteiger partial charge in [0.25, 0.3) is 5.69 Å². The first-order chi connectivity index (χ1) is 9.50. The summed E-state index contributed by atoms with van der Waals surface area (Å²) in [6.45, 7) is 5.27. The van der Waals surface area contributed by atoms with E-state index in [0.717, 1.165) is 23.4 Å². The van der Waals surface area contributed by atoms with Crippen LogP contribution in [0.3, 0.4) is 0 Å². The molecule has 0 aliphatic heterocycles. The topological polar surface area (TPSA) is 55.2 Å². The van der Waals surface area contributed by atoms with Gasteiger partial charge in [0, 0.05) is 17.1 Å². The van der Waals surface area contributed by atoms with E-state index in [9.17, 15) is 10.1 Å². The van der Waals surface area contributed by atoms with E-state index in [1.165, 1.54) is 31.7 Å². The Morgan fingerprint density at radius 1 is 1.25 bits per heavy atom. The molecule has 1 aromatic rings. The van der Waals surface area contributed by atoms with Gasteiger partial charge in [0.15, 0.2) is 0 Å². The minimum Gasteiger partial charge on any atom is -0.379 e. The Labute approximate surface area is 129 Å². The molecular weight excluding hydrogens is 320 g/mol. The van der Waals surface area contributed by atoms with Crippen molar-refractivity contribution < 1.29 is 4.92 Å². The van der Waals surface area contributed by atoms with Crippen LogP contribution in [0.2, 0.25) is 0 Å². The molecule has 5 heteroatoms. The molecule has 0 aliphatic carbocycles. The van der Waals surface area contributed by atoms with Gasteiger partial charge < -0.3 is 5.32 Å². The van der Waals surface area contributed by atoms with Gasteiger partial charge in [-0.05, 0) is 24.5 Å². The Kier molecular flexibility index (Phi) is 7.59. The predicted octanol–water partition coefficient (Wildman–Crippen LogP) is 5.38. The van der Waals surface area contributed by atoms with E-state index in [-0.39, 0.29) is 10.6 Å². The number of nitrogens with zero attached hydrogens (tertiary/aromatic N) is 1. The summed E-state index contributed by atoms with van der Waals surface area (Å²) in [5, 5.41) is 14.1. The highest BCUT2D eigenvalue weighted by molar-refractivity contribution is 9.10. The summed E-state index contributed by atoms with van der Waals surface area (Å²) in [6.07, 6.45) is 6.01. The number of hydrogen-bond donors (Lipinski definition) is 1. The van der Waals surface area contributed by atoms with Crippen LogP contribution in [0.1, 0.15) is 46.0 Å². The van der Waals surface area contributed by atoms with Gasteiger partial charge in [-0.25, -0.2) is 0 Å². The second-order valence-electron chi connectivity index (χ2n) is 5.44. The molecule has 4 nitrogen and oxygen atoms in total. The maximum absolute atomic E-state index is 11.0. The number of nitro groups is 1. The molecule has 0 saturated heterocycles. The third kappa shape index (κ3) is 6.37. The zero-order chi connectivity index (χ0) is 15.0. The van der Waals surface area contributed by atoms with Crippen molar-refractivity contribution in [2.24, 2.45) is 5.92 Å². The van der Waals surface area contributed by atoms with Gasteiger partial charge in [-0.3, -0.25) is 10.1 Å². The molecule has 0 amide bonds. The van der Waals surface area contributed by atoms with Gasteiger partial charge in [0.05, 0.1) is 4.92 Å². The van der Waals surface area contributed by atoms with Crippen LogP contribution in [0.5, 0.6) is 0 Å². The van der Waals surface area contributed by atoms with Gasteiger partial charge >= 0.3 is 0 Å². The first kappa shape index (κ1) is 17.0. The SMILES string of the molecule is CC(C)CCCCCCNc1ccc(Br)cc1[N+](=O)[O-]. The first-order valence-corrected chi connectivity index (χ1v) is 7.98. The fourth-order valence-electron chi connectivity index (χ4n) is 2.06. The lowest BCUT2D eigenvalue weighted by Gasteiger charge is -2.08. The molecule has 1 rings (SSSR count). The van der Waals surface area contributed by atoms with Crippen LogP contribution >= 0.6 is 15.9 Å². The Balaban J connectivity index is 2.30. The lowest BCUT2D eigenvalue weighted by molar-refractivity contribution is -0.384. The van der Waals surface area contributed by atoms with Crippen molar-refractivity contribution in [1.29, 1.82) is 0 Å². The third-order valence-electron chi connectivity index (χ3n) is 3.18. The minimum absolute atomic E-state index is 0.124. The van der Waals surface area contributed by atoms with Crippen LogP contribution < -0.4 is 5.32 Å². The summed E-state index contributed by atoms with van der Waals surface area (Å²) in [7, 11) is 0. The molecule has 20 heavy (non-hydrogen) atoms. The molecule has 0 saturated carbocycles. The van der Waals surface area contributed by atoms with Gasteiger partial charge in [0.1, 0.15) is 5.69 Å². The Morgan fingerprint density at radius 3 is 2.60 bits per heavy atom. The fourth-order valence-corrected chi connectivity index (χ4v) is 2.41. The second-order valence-corrected chi connectivity index (χ2v) is 6.36. The molecule has 0 aromatic heterocycles. The third-order valence-corrected chi connectivity index (χ3v) is 3.67. The number of nitro benzene ring substituents is 1. The van der Waals surface area contributed by atoms with E-state index >= 15 is 0 Å². The molecule has 0 spiro atoms. The summed E-state index contributed by atoms with van der Waals surface area (Å²) in [4.78, 5) is 10.6. The Morgan fingerprint density at radius 2 is 1.95 bits per heavy atom. The van der Waals surface area contributed by atoms with E-state index in [1.807, 2.05) is 6.07 Å². The molecule has 0 atom stereocenters. The van der Waals surface area contributed by atoms with Gasteiger partial charge in [-0.1, -0.05) is 55.5 Å². The smallest absolute Gasteiger partial charge is 0.293 e. The molecule has 1 N–H and O–H groups in total. The second kappa shape index (κ2) is 8.95. The van der Waals surface area contributed by atoms with Crippen LogP contribution in [0.4, 0.5) is 11.4 Å². The zero-order valence-corrected chi connectivity index (χ0v) is 13.8. The molecule has 112 valence electrons. The van der Waals surface area contributed by atoms with E-state index in [2.05, 4.69) is 35.1 Å². The average Bonchev–Trinajstić information content (AvgIpc) is 2.38. The summed E-state index contributed by atoms with van der Waals surface area (Å²) in [5.41, 5.74) is 0.722. The van der Waals surface area contributed by atoms with Gasteiger partial charge in [0.2, 0.25) is 0 Å². The van der Waals surface area contributed by atoms with Crippen molar-refractivity contribution in [1.82, 2.24) is 0 Å². The summed E-state index contributed by atoms with van der Waals surface area (Å²) in [5.74, 6) is 0.776. The highest BCUT2D eigenvalue weighted by atomic mass is 79.9. The normalized spacial score (nSPS) is 10.8. The van der Waals surface area contributed by atoms with Gasteiger partial charge in [-0.15, -0.1) is 0 Å². The predicted molar refractivity (Wildman–Crippen MR) is 87.2 cm³/mol. The van der Waals surface area contributed by atoms with Crippen LogP contribution in [-0.4, -0.2) is 11.5 Å².